The average molecular weight is 528 g/mol. The first kappa shape index (κ1) is 28.1. The van der Waals surface area contributed by atoms with Crippen LogP contribution in [0.1, 0.15) is 19.4 Å². The number of carbonyl (C=O) groups excluding carboxylic acids is 3. The summed E-state index contributed by atoms with van der Waals surface area (Å²) in [6.45, 7) is 5.18. The molecule has 0 spiro atoms. The van der Waals surface area contributed by atoms with Crippen LogP contribution in [0, 0.1) is 5.92 Å². The van der Waals surface area contributed by atoms with Crippen LogP contribution in [-0.2, 0) is 30.6 Å². The zero-order valence-electron chi connectivity index (χ0n) is 21.0. The maximum Gasteiger partial charge on any atom is 0.318 e. The van der Waals surface area contributed by atoms with Gasteiger partial charge in [-0.15, -0.1) is 0 Å². The molecule has 2 aromatic carbocycles. The van der Waals surface area contributed by atoms with Crippen molar-refractivity contribution in [2.75, 3.05) is 26.3 Å². The lowest BCUT2D eigenvalue weighted by molar-refractivity contribution is -0.128. The summed E-state index contributed by atoms with van der Waals surface area (Å²) in [5, 5.41) is 6.37. The maximum atomic E-state index is 13.3. The third-order valence-electron chi connectivity index (χ3n) is 5.95. The number of ether oxygens (including phenoxy) is 1. The molecule has 0 aliphatic carbocycles. The predicted octanol–water partition coefficient (Wildman–Crippen LogP) is 2.34. The van der Waals surface area contributed by atoms with Gasteiger partial charge in [-0.3, -0.25) is 9.59 Å². The van der Waals surface area contributed by atoms with Gasteiger partial charge in [0.15, 0.2) is 15.6 Å². The number of ketones is 1. The second kappa shape index (κ2) is 13.2. The zero-order chi connectivity index (χ0) is 26.8. The van der Waals surface area contributed by atoms with Crippen LogP contribution in [0.15, 0.2) is 77.0 Å². The number of rotatable bonds is 10. The number of urea groups is 1. The number of hydrogen-bond donors (Lipinski definition) is 2. The fraction of sp³-hybridized carbons (Fsp3) is 0.370. The molecule has 37 heavy (non-hydrogen) atoms. The van der Waals surface area contributed by atoms with Crippen LogP contribution in [0.5, 0.6) is 0 Å². The predicted molar refractivity (Wildman–Crippen MR) is 139 cm³/mol. The summed E-state index contributed by atoms with van der Waals surface area (Å²) in [6.07, 6.45) is 1.20. The molecule has 9 nitrogen and oxygen atoms in total. The molecule has 0 saturated carbocycles. The Kier molecular flexibility index (Phi) is 9.99. The summed E-state index contributed by atoms with van der Waals surface area (Å²) in [5.74, 6) is -1.41. The molecule has 2 aromatic rings. The van der Waals surface area contributed by atoms with E-state index in [1.807, 2.05) is 30.3 Å². The molecule has 0 radical (unpaired) electrons. The van der Waals surface area contributed by atoms with Crippen molar-refractivity contribution in [3.8, 4) is 0 Å². The number of nitrogens with zero attached hydrogens (tertiary/aromatic N) is 1. The molecule has 3 amide bonds. The SMILES string of the molecule is CC(C)[C@H](NC(=O)[C@H](Cc1ccccc1)NC(=O)N1CCOCC1)C(=O)C=CS(=O)(=O)c1ccccc1. The molecule has 1 heterocycles. The van der Waals surface area contributed by atoms with E-state index in [1.165, 1.54) is 12.1 Å². The van der Waals surface area contributed by atoms with Gasteiger partial charge in [-0.05, 0) is 29.7 Å². The van der Waals surface area contributed by atoms with Crippen LogP contribution in [0.4, 0.5) is 4.79 Å². The molecule has 1 aliphatic heterocycles. The number of amides is 3. The van der Waals surface area contributed by atoms with Crippen molar-refractivity contribution in [1.82, 2.24) is 15.5 Å². The molecule has 1 aliphatic rings. The quantitative estimate of drug-likeness (QED) is 0.458. The van der Waals surface area contributed by atoms with Gasteiger partial charge in [0.05, 0.1) is 24.2 Å². The summed E-state index contributed by atoms with van der Waals surface area (Å²) in [6, 6.07) is 14.7. The first-order valence-corrected chi connectivity index (χ1v) is 13.7. The minimum atomic E-state index is -3.82. The molecule has 198 valence electrons. The summed E-state index contributed by atoms with van der Waals surface area (Å²) < 4.78 is 30.4. The first-order chi connectivity index (χ1) is 17.7. The van der Waals surface area contributed by atoms with E-state index in [2.05, 4.69) is 10.6 Å². The van der Waals surface area contributed by atoms with Gasteiger partial charge in [0, 0.05) is 24.9 Å². The number of carbonyl (C=O) groups is 3. The van der Waals surface area contributed by atoms with Gasteiger partial charge in [-0.1, -0.05) is 62.4 Å². The van der Waals surface area contributed by atoms with E-state index in [0.29, 0.717) is 26.3 Å². The molecular formula is C27H33N3O6S. The van der Waals surface area contributed by atoms with Gasteiger partial charge in [0.25, 0.3) is 0 Å². The van der Waals surface area contributed by atoms with Gasteiger partial charge in [-0.2, -0.15) is 0 Å². The van der Waals surface area contributed by atoms with Gasteiger partial charge in [0.1, 0.15) is 6.04 Å². The van der Waals surface area contributed by atoms with Crippen LogP contribution < -0.4 is 10.6 Å². The molecule has 3 rings (SSSR count). The molecule has 2 N–H and O–H groups in total. The van der Waals surface area contributed by atoms with Crippen LogP contribution in [-0.4, -0.2) is 69.4 Å². The van der Waals surface area contributed by atoms with Crippen molar-refractivity contribution < 1.29 is 27.5 Å². The fourth-order valence-electron chi connectivity index (χ4n) is 3.84. The second-order valence-electron chi connectivity index (χ2n) is 9.08. The Morgan fingerprint density at radius 3 is 2.14 bits per heavy atom. The van der Waals surface area contributed by atoms with E-state index in [-0.39, 0.29) is 23.3 Å². The lowest BCUT2D eigenvalue weighted by Gasteiger charge is -2.30. The average Bonchev–Trinajstić information content (AvgIpc) is 2.91. The van der Waals surface area contributed by atoms with E-state index in [1.54, 1.807) is 36.9 Å². The molecule has 0 unspecified atom stereocenters. The first-order valence-electron chi connectivity index (χ1n) is 12.2. The highest BCUT2D eigenvalue weighted by Gasteiger charge is 2.29. The van der Waals surface area contributed by atoms with Crippen LogP contribution >= 0.6 is 0 Å². The Morgan fingerprint density at radius 1 is 0.946 bits per heavy atom. The van der Waals surface area contributed by atoms with Crippen molar-refractivity contribution >= 4 is 27.6 Å². The monoisotopic (exact) mass is 527 g/mol. The highest BCUT2D eigenvalue weighted by atomic mass is 32.2. The normalized spacial score (nSPS) is 15.8. The Bertz CT molecular complexity index is 1190. The summed E-state index contributed by atoms with van der Waals surface area (Å²) >= 11 is 0. The van der Waals surface area contributed by atoms with Gasteiger partial charge >= 0.3 is 6.03 Å². The van der Waals surface area contributed by atoms with E-state index in [0.717, 1.165) is 17.0 Å². The van der Waals surface area contributed by atoms with Crippen LogP contribution in [0.25, 0.3) is 0 Å². The fourth-order valence-corrected chi connectivity index (χ4v) is 4.84. The molecule has 1 saturated heterocycles. The van der Waals surface area contributed by atoms with Crippen molar-refractivity contribution in [2.45, 2.75) is 37.2 Å². The minimum Gasteiger partial charge on any atom is -0.378 e. The number of hydrogen-bond acceptors (Lipinski definition) is 6. The highest BCUT2D eigenvalue weighted by molar-refractivity contribution is 7.94. The number of nitrogens with one attached hydrogen (secondary N) is 2. The van der Waals surface area contributed by atoms with Crippen LogP contribution in [0.3, 0.4) is 0 Å². The maximum absolute atomic E-state index is 13.3. The minimum absolute atomic E-state index is 0.0675. The molecule has 0 aromatic heterocycles. The number of sulfone groups is 1. The third-order valence-corrected chi connectivity index (χ3v) is 7.37. The van der Waals surface area contributed by atoms with Crippen molar-refractivity contribution in [1.29, 1.82) is 0 Å². The molecular weight excluding hydrogens is 494 g/mol. The topological polar surface area (TPSA) is 122 Å². The van der Waals surface area contributed by atoms with E-state index in [9.17, 15) is 22.8 Å². The highest BCUT2D eigenvalue weighted by Crippen LogP contribution is 2.13. The van der Waals surface area contributed by atoms with Crippen molar-refractivity contribution in [3.63, 3.8) is 0 Å². The summed E-state index contributed by atoms with van der Waals surface area (Å²) in [7, 11) is -3.82. The largest absolute Gasteiger partial charge is 0.378 e. The standard InChI is InChI=1S/C27H33N3O6S/c1-20(2)25(24(31)13-18-37(34,35)22-11-7-4-8-12-22)29-26(32)23(19-21-9-5-3-6-10-21)28-27(33)30-14-16-36-17-15-30/h3-13,18,20,23,25H,14-17,19H2,1-2H3,(H,28,33)(H,29,32)/t23-,25-/m0/s1. The second-order valence-corrected chi connectivity index (χ2v) is 10.9. The molecule has 1 fully saturated rings. The smallest absolute Gasteiger partial charge is 0.318 e. The van der Waals surface area contributed by atoms with E-state index >= 15 is 0 Å². The van der Waals surface area contributed by atoms with Crippen LogP contribution in [0.2, 0.25) is 0 Å². The van der Waals surface area contributed by atoms with Gasteiger partial charge in [0.2, 0.25) is 5.91 Å². The van der Waals surface area contributed by atoms with Crippen molar-refractivity contribution in [3.05, 3.63) is 77.7 Å². The van der Waals surface area contributed by atoms with E-state index in [4.69, 9.17) is 4.74 Å². The Morgan fingerprint density at radius 2 is 1.54 bits per heavy atom. The lowest BCUT2D eigenvalue weighted by Crippen LogP contribution is -2.56. The summed E-state index contributed by atoms with van der Waals surface area (Å²) in [4.78, 5) is 40.8. The molecule has 10 heteroatoms. The zero-order valence-corrected chi connectivity index (χ0v) is 21.8. The number of morpholine rings is 1. The number of benzene rings is 2. The third kappa shape index (κ3) is 8.26. The van der Waals surface area contributed by atoms with Crippen molar-refractivity contribution in [2.24, 2.45) is 5.92 Å². The van der Waals surface area contributed by atoms with Gasteiger partial charge in [-0.25, -0.2) is 13.2 Å². The van der Waals surface area contributed by atoms with Gasteiger partial charge < -0.3 is 20.3 Å². The van der Waals surface area contributed by atoms with E-state index < -0.39 is 33.6 Å². The Hall–Kier alpha value is -3.50. The summed E-state index contributed by atoms with van der Waals surface area (Å²) in [5.41, 5.74) is 0.839. The Labute approximate surface area is 217 Å². The Balaban J connectivity index is 1.75. The molecule has 0 bridgehead atoms. The molecule has 2 atom stereocenters. The lowest BCUT2D eigenvalue weighted by atomic mass is 9.98.